The number of benzene rings is 1. The van der Waals surface area contributed by atoms with E-state index < -0.39 is 0 Å². The number of hydrazine groups is 1. The Morgan fingerprint density at radius 3 is 2.61 bits per heavy atom. The van der Waals surface area contributed by atoms with Crippen molar-refractivity contribution >= 4 is 52.1 Å². The molecular formula is C11H13Cl2N3OS. The second-order valence-corrected chi connectivity index (χ2v) is 4.73. The Kier molecular flexibility index (Phi) is 6.18. The van der Waals surface area contributed by atoms with Crippen molar-refractivity contribution < 1.29 is 4.79 Å². The molecule has 0 aliphatic heterocycles. The highest BCUT2D eigenvalue weighted by Crippen LogP contribution is 2.24. The van der Waals surface area contributed by atoms with E-state index in [2.05, 4.69) is 16.2 Å². The van der Waals surface area contributed by atoms with E-state index in [0.717, 1.165) is 6.42 Å². The molecule has 0 aliphatic carbocycles. The van der Waals surface area contributed by atoms with Crippen molar-refractivity contribution in [3.63, 3.8) is 0 Å². The Morgan fingerprint density at radius 1 is 1.28 bits per heavy atom. The first-order chi connectivity index (χ1) is 8.52. The lowest BCUT2D eigenvalue weighted by molar-refractivity contribution is -0.121. The molecule has 0 saturated heterocycles. The standard InChI is InChI=1S/C11H13Cl2N3OS/c1-2-3-10(17)15-16-11(18)14-7-4-5-8(12)9(13)6-7/h4-6H,2-3H2,1H3,(H,15,17)(H2,14,16,18). The summed E-state index contributed by atoms with van der Waals surface area (Å²) in [5.74, 6) is -0.115. The van der Waals surface area contributed by atoms with E-state index in [0.29, 0.717) is 22.2 Å². The molecule has 0 unspecified atom stereocenters. The second-order valence-electron chi connectivity index (χ2n) is 3.51. The number of nitrogens with one attached hydrogen (secondary N) is 3. The average Bonchev–Trinajstić information content (AvgIpc) is 2.32. The Morgan fingerprint density at radius 2 is 2.00 bits per heavy atom. The lowest BCUT2D eigenvalue weighted by atomic mass is 10.3. The normalized spacial score (nSPS) is 9.72. The fourth-order valence-electron chi connectivity index (χ4n) is 1.15. The fraction of sp³-hybridized carbons (Fsp3) is 0.273. The second kappa shape index (κ2) is 7.41. The minimum Gasteiger partial charge on any atom is -0.331 e. The van der Waals surface area contributed by atoms with Crippen LogP contribution in [0.3, 0.4) is 0 Å². The molecular weight excluding hydrogens is 293 g/mol. The van der Waals surface area contributed by atoms with Crippen molar-refractivity contribution in [2.24, 2.45) is 0 Å². The maximum Gasteiger partial charge on any atom is 0.238 e. The molecule has 0 spiro atoms. The van der Waals surface area contributed by atoms with Crippen LogP contribution in [0, 0.1) is 0 Å². The Labute approximate surface area is 121 Å². The van der Waals surface area contributed by atoms with E-state index in [1.54, 1.807) is 18.2 Å². The third-order valence-corrected chi connectivity index (χ3v) is 2.91. The number of halogens is 2. The summed E-state index contributed by atoms with van der Waals surface area (Å²) in [6.45, 7) is 1.92. The molecule has 0 radical (unpaired) electrons. The zero-order chi connectivity index (χ0) is 13.5. The van der Waals surface area contributed by atoms with Crippen LogP contribution in [-0.4, -0.2) is 11.0 Å². The summed E-state index contributed by atoms with van der Waals surface area (Å²) in [4.78, 5) is 11.2. The maximum absolute atomic E-state index is 11.2. The summed E-state index contributed by atoms with van der Waals surface area (Å²) in [7, 11) is 0. The van der Waals surface area contributed by atoms with Crippen molar-refractivity contribution in [3.05, 3.63) is 28.2 Å². The Bertz CT molecular complexity index is 454. The van der Waals surface area contributed by atoms with E-state index in [-0.39, 0.29) is 11.0 Å². The number of carbonyl (C=O) groups excluding carboxylic acids is 1. The van der Waals surface area contributed by atoms with Crippen molar-refractivity contribution in [1.29, 1.82) is 0 Å². The molecule has 1 aromatic carbocycles. The molecule has 0 saturated carbocycles. The van der Waals surface area contributed by atoms with E-state index in [4.69, 9.17) is 35.4 Å². The smallest absolute Gasteiger partial charge is 0.238 e. The van der Waals surface area contributed by atoms with Crippen LogP contribution in [0.15, 0.2) is 18.2 Å². The number of hydrogen-bond donors (Lipinski definition) is 3. The van der Waals surface area contributed by atoms with Gasteiger partial charge >= 0.3 is 0 Å². The number of rotatable bonds is 3. The molecule has 1 rings (SSSR count). The summed E-state index contributed by atoms with van der Waals surface area (Å²) in [5.41, 5.74) is 5.76. The van der Waals surface area contributed by atoms with Gasteiger partial charge in [0.1, 0.15) is 0 Å². The van der Waals surface area contributed by atoms with Gasteiger partial charge in [-0.3, -0.25) is 15.6 Å². The van der Waals surface area contributed by atoms with Crippen LogP contribution in [0.1, 0.15) is 19.8 Å². The highest BCUT2D eigenvalue weighted by atomic mass is 35.5. The van der Waals surface area contributed by atoms with Gasteiger partial charge in [0.15, 0.2) is 5.11 Å². The van der Waals surface area contributed by atoms with Crippen LogP contribution >= 0.6 is 35.4 Å². The molecule has 18 heavy (non-hydrogen) atoms. The third kappa shape index (κ3) is 5.08. The van der Waals surface area contributed by atoms with Crippen LogP contribution in [0.5, 0.6) is 0 Å². The predicted molar refractivity (Wildman–Crippen MR) is 78.9 cm³/mol. The Hall–Kier alpha value is -1.04. The first-order valence-corrected chi connectivity index (χ1v) is 6.50. The maximum atomic E-state index is 11.2. The summed E-state index contributed by atoms with van der Waals surface area (Å²) in [6.07, 6.45) is 1.23. The molecule has 1 aromatic rings. The molecule has 1 amide bonds. The van der Waals surface area contributed by atoms with Gasteiger partial charge in [-0.1, -0.05) is 30.1 Å². The zero-order valence-corrected chi connectivity index (χ0v) is 12.0. The number of amides is 1. The molecule has 3 N–H and O–H groups in total. The van der Waals surface area contributed by atoms with Gasteiger partial charge < -0.3 is 5.32 Å². The quantitative estimate of drug-likeness (QED) is 0.593. The largest absolute Gasteiger partial charge is 0.331 e. The molecule has 4 nitrogen and oxygen atoms in total. The van der Waals surface area contributed by atoms with Crippen molar-refractivity contribution in [3.8, 4) is 0 Å². The topological polar surface area (TPSA) is 53.2 Å². The molecule has 0 aliphatic rings. The van der Waals surface area contributed by atoms with E-state index >= 15 is 0 Å². The summed E-state index contributed by atoms with van der Waals surface area (Å²) in [5, 5.41) is 4.05. The lowest BCUT2D eigenvalue weighted by Gasteiger charge is -2.11. The first-order valence-electron chi connectivity index (χ1n) is 5.33. The monoisotopic (exact) mass is 305 g/mol. The van der Waals surface area contributed by atoms with Crippen LogP contribution in [-0.2, 0) is 4.79 Å². The molecule has 0 heterocycles. The first kappa shape index (κ1) is 15.0. The predicted octanol–water partition coefficient (Wildman–Crippen LogP) is 3.11. The molecule has 98 valence electrons. The lowest BCUT2D eigenvalue weighted by Crippen LogP contribution is -2.43. The molecule has 7 heteroatoms. The minimum absolute atomic E-state index is 0.115. The fourth-order valence-corrected chi connectivity index (χ4v) is 1.62. The highest BCUT2D eigenvalue weighted by molar-refractivity contribution is 7.80. The zero-order valence-electron chi connectivity index (χ0n) is 9.72. The van der Waals surface area contributed by atoms with Gasteiger partial charge in [0.2, 0.25) is 5.91 Å². The van der Waals surface area contributed by atoms with Crippen LogP contribution < -0.4 is 16.2 Å². The average molecular weight is 306 g/mol. The summed E-state index contributed by atoms with van der Waals surface area (Å²) >= 11 is 16.7. The van der Waals surface area contributed by atoms with Crippen LogP contribution in [0.2, 0.25) is 10.0 Å². The van der Waals surface area contributed by atoms with E-state index in [1.165, 1.54) is 0 Å². The molecule has 0 bridgehead atoms. The van der Waals surface area contributed by atoms with Crippen molar-refractivity contribution in [1.82, 2.24) is 10.9 Å². The number of hydrogen-bond acceptors (Lipinski definition) is 2. The molecule has 0 fully saturated rings. The minimum atomic E-state index is -0.115. The van der Waals surface area contributed by atoms with Crippen LogP contribution in [0.25, 0.3) is 0 Å². The van der Waals surface area contributed by atoms with E-state index in [9.17, 15) is 4.79 Å². The number of anilines is 1. The molecule has 0 aromatic heterocycles. The van der Waals surface area contributed by atoms with Crippen molar-refractivity contribution in [2.75, 3.05) is 5.32 Å². The van der Waals surface area contributed by atoms with Crippen LogP contribution in [0.4, 0.5) is 5.69 Å². The number of carbonyl (C=O) groups is 1. The molecule has 0 atom stereocenters. The van der Waals surface area contributed by atoms with E-state index in [1.807, 2.05) is 6.92 Å². The number of thiocarbonyl (C=S) groups is 1. The summed E-state index contributed by atoms with van der Waals surface area (Å²) < 4.78 is 0. The third-order valence-electron chi connectivity index (χ3n) is 1.97. The van der Waals surface area contributed by atoms with Crippen molar-refractivity contribution in [2.45, 2.75) is 19.8 Å². The summed E-state index contributed by atoms with van der Waals surface area (Å²) in [6, 6.07) is 5.03. The SMILES string of the molecule is CCCC(=O)NNC(=S)Nc1ccc(Cl)c(Cl)c1. The van der Waals surface area contributed by atoms with Gasteiger partial charge in [-0.15, -0.1) is 0 Å². The highest BCUT2D eigenvalue weighted by Gasteiger charge is 2.03. The van der Waals surface area contributed by atoms with Gasteiger partial charge in [0.05, 0.1) is 10.0 Å². The Balaban J connectivity index is 2.44. The van der Waals surface area contributed by atoms with Gasteiger partial charge in [-0.25, -0.2) is 0 Å². The van der Waals surface area contributed by atoms with Gasteiger partial charge in [-0.05, 0) is 36.8 Å². The van der Waals surface area contributed by atoms with Gasteiger partial charge in [0.25, 0.3) is 0 Å². The van der Waals surface area contributed by atoms with Gasteiger partial charge in [-0.2, -0.15) is 0 Å². The van der Waals surface area contributed by atoms with Gasteiger partial charge in [0, 0.05) is 12.1 Å².